The van der Waals surface area contributed by atoms with Crippen LogP contribution in [0.2, 0.25) is 0 Å². The van der Waals surface area contributed by atoms with Crippen LogP contribution in [0.1, 0.15) is 29.2 Å². The minimum Gasteiger partial charge on any atom is -0.493 e. The van der Waals surface area contributed by atoms with Gasteiger partial charge in [0.2, 0.25) is 5.91 Å². The van der Waals surface area contributed by atoms with Crippen LogP contribution in [0.25, 0.3) is 0 Å². The van der Waals surface area contributed by atoms with Gasteiger partial charge in [-0.3, -0.25) is 9.69 Å². The number of nitrogens with zero attached hydrogens (tertiary/aromatic N) is 1. The molecular formula is C25H32N2O9. The molecule has 0 bridgehead atoms. The number of fused-ring (bicyclic) bond motifs is 1. The van der Waals surface area contributed by atoms with Crippen LogP contribution in [-0.2, 0) is 27.2 Å². The third-order valence-electron chi connectivity index (χ3n) is 5.82. The van der Waals surface area contributed by atoms with Gasteiger partial charge in [0.25, 0.3) is 0 Å². The van der Waals surface area contributed by atoms with E-state index in [1.807, 2.05) is 18.2 Å². The number of ether oxygens (including phenoxy) is 4. The van der Waals surface area contributed by atoms with Gasteiger partial charge in [0, 0.05) is 25.6 Å². The minimum atomic E-state index is -1.82. The number of amides is 1. The van der Waals surface area contributed by atoms with Gasteiger partial charge in [0.15, 0.2) is 23.0 Å². The number of carboxylic acid groups (broad SMARTS) is 2. The predicted molar refractivity (Wildman–Crippen MR) is 130 cm³/mol. The molecule has 1 aliphatic rings. The topological polar surface area (TPSA) is 158 Å². The third-order valence-corrected chi connectivity index (χ3v) is 5.82. The lowest BCUT2D eigenvalue weighted by Crippen LogP contribution is -2.38. The Morgan fingerprint density at radius 1 is 0.889 bits per heavy atom. The van der Waals surface area contributed by atoms with Crippen molar-refractivity contribution >= 4 is 17.8 Å². The molecule has 0 saturated carbocycles. The summed E-state index contributed by atoms with van der Waals surface area (Å²) in [6, 6.07) is 10.1. The fourth-order valence-electron chi connectivity index (χ4n) is 4.07. The molecule has 196 valence electrons. The summed E-state index contributed by atoms with van der Waals surface area (Å²) in [5.41, 5.74) is 8.95. The highest BCUT2D eigenvalue weighted by atomic mass is 16.5. The Morgan fingerprint density at radius 2 is 1.44 bits per heavy atom. The largest absolute Gasteiger partial charge is 0.493 e. The summed E-state index contributed by atoms with van der Waals surface area (Å²) in [6.45, 7) is 1.45. The molecule has 1 atom stereocenters. The van der Waals surface area contributed by atoms with Crippen molar-refractivity contribution in [3.05, 3.63) is 47.0 Å². The monoisotopic (exact) mass is 504 g/mol. The van der Waals surface area contributed by atoms with Gasteiger partial charge in [0.05, 0.1) is 28.4 Å². The molecule has 0 saturated heterocycles. The molecule has 0 unspecified atom stereocenters. The van der Waals surface area contributed by atoms with Gasteiger partial charge in [-0.1, -0.05) is 6.07 Å². The first-order chi connectivity index (χ1) is 17.1. The summed E-state index contributed by atoms with van der Waals surface area (Å²) in [7, 11) is 6.54. The Morgan fingerprint density at radius 3 is 1.97 bits per heavy atom. The standard InChI is InChI=1S/C23H30N2O5.C2H2O4/c1-27-19-6-5-15(12-20(19)28-2)11-18-17-14-22(30-4)21(29-3)13-16(17)7-9-25(18)10-8-23(24)26;3-1(4)2(5)6/h5-6,12-14,18H,7-11H2,1-4H3,(H2,24,26);(H,3,4)(H,5,6)/t18-;/m1./s1. The third kappa shape index (κ3) is 7.25. The van der Waals surface area contributed by atoms with Crippen molar-refractivity contribution in [2.24, 2.45) is 5.73 Å². The second-order valence-electron chi connectivity index (χ2n) is 7.93. The lowest BCUT2D eigenvalue weighted by Gasteiger charge is -2.38. The summed E-state index contributed by atoms with van der Waals surface area (Å²) in [6.07, 6.45) is 1.95. The molecule has 1 heterocycles. The van der Waals surface area contributed by atoms with E-state index < -0.39 is 11.9 Å². The SMILES string of the molecule is COc1ccc(C[C@@H]2c3cc(OC)c(OC)cc3CCN2CCC(N)=O)cc1OC.O=C(O)C(=O)O. The number of carboxylic acids is 2. The molecule has 4 N–H and O–H groups in total. The highest BCUT2D eigenvalue weighted by Crippen LogP contribution is 2.40. The quantitative estimate of drug-likeness (QED) is 0.431. The van der Waals surface area contributed by atoms with E-state index in [2.05, 4.69) is 17.0 Å². The first-order valence-corrected chi connectivity index (χ1v) is 11.1. The van der Waals surface area contributed by atoms with Crippen LogP contribution in [0.15, 0.2) is 30.3 Å². The molecule has 11 heteroatoms. The number of hydrogen-bond acceptors (Lipinski definition) is 8. The minimum absolute atomic E-state index is 0.0750. The maximum Gasteiger partial charge on any atom is 0.414 e. The number of nitrogens with two attached hydrogens (primary N) is 1. The van der Waals surface area contributed by atoms with E-state index in [0.29, 0.717) is 30.2 Å². The van der Waals surface area contributed by atoms with Crippen LogP contribution < -0.4 is 24.7 Å². The maximum atomic E-state index is 11.4. The second kappa shape index (κ2) is 13.2. The lowest BCUT2D eigenvalue weighted by molar-refractivity contribution is -0.159. The molecule has 1 aliphatic heterocycles. The van der Waals surface area contributed by atoms with E-state index in [1.54, 1.807) is 28.4 Å². The maximum absolute atomic E-state index is 11.4. The molecule has 3 rings (SSSR count). The van der Waals surface area contributed by atoms with Crippen molar-refractivity contribution in [2.45, 2.75) is 25.3 Å². The summed E-state index contributed by atoms with van der Waals surface area (Å²) in [5, 5.41) is 14.8. The molecule has 0 spiro atoms. The second-order valence-corrected chi connectivity index (χ2v) is 7.93. The van der Waals surface area contributed by atoms with E-state index in [-0.39, 0.29) is 11.9 Å². The van der Waals surface area contributed by atoms with Crippen LogP contribution in [0.4, 0.5) is 0 Å². The Hall–Kier alpha value is -3.99. The van der Waals surface area contributed by atoms with E-state index in [4.69, 9.17) is 44.5 Å². The van der Waals surface area contributed by atoms with Gasteiger partial charge in [-0.2, -0.15) is 0 Å². The average molecular weight is 505 g/mol. The first-order valence-electron chi connectivity index (χ1n) is 11.1. The number of carbonyl (C=O) groups is 3. The van der Waals surface area contributed by atoms with Crippen LogP contribution in [0.5, 0.6) is 23.0 Å². The fourth-order valence-corrected chi connectivity index (χ4v) is 4.07. The molecule has 0 aliphatic carbocycles. The number of aliphatic carboxylic acids is 2. The van der Waals surface area contributed by atoms with Gasteiger partial charge >= 0.3 is 11.9 Å². The van der Waals surface area contributed by atoms with Crippen LogP contribution in [-0.4, -0.2) is 74.5 Å². The molecule has 11 nitrogen and oxygen atoms in total. The Kier molecular flexibility index (Phi) is 10.4. The summed E-state index contributed by atoms with van der Waals surface area (Å²) < 4.78 is 21.9. The van der Waals surface area contributed by atoms with Crippen molar-refractivity contribution in [3.8, 4) is 23.0 Å². The number of hydrogen-bond donors (Lipinski definition) is 3. The first kappa shape index (κ1) is 28.2. The number of primary amides is 1. The molecule has 36 heavy (non-hydrogen) atoms. The zero-order valence-electron chi connectivity index (χ0n) is 20.8. The number of methoxy groups -OCH3 is 4. The highest BCUT2D eigenvalue weighted by Gasteiger charge is 2.29. The molecular weight excluding hydrogens is 472 g/mol. The molecule has 2 aromatic carbocycles. The smallest absolute Gasteiger partial charge is 0.414 e. The number of carbonyl (C=O) groups excluding carboxylic acids is 1. The zero-order valence-corrected chi connectivity index (χ0v) is 20.8. The molecule has 1 amide bonds. The van der Waals surface area contributed by atoms with Crippen LogP contribution in [0, 0.1) is 0 Å². The summed E-state index contributed by atoms with van der Waals surface area (Å²) in [5.74, 6) is -1.12. The van der Waals surface area contributed by atoms with Gasteiger partial charge in [0.1, 0.15) is 0 Å². The normalized spacial score (nSPS) is 14.5. The summed E-state index contributed by atoms with van der Waals surface area (Å²) in [4.78, 5) is 31.9. The Bertz CT molecular complexity index is 1080. The van der Waals surface area contributed by atoms with E-state index >= 15 is 0 Å². The van der Waals surface area contributed by atoms with Gasteiger partial charge in [-0.05, 0) is 53.8 Å². The number of benzene rings is 2. The Labute approximate surface area is 209 Å². The Balaban J connectivity index is 0.000000678. The van der Waals surface area contributed by atoms with E-state index in [9.17, 15) is 4.79 Å². The van der Waals surface area contributed by atoms with E-state index in [1.165, 1.54) is 11.1 Å². The zero-order chi connectivity index (χ0) is 26.8. The van der Waals surface area contributed by atoms with Gasteiger partial charge in [-0.25, -0.2) is 9.59 Å². The van der Waals surface area contributed by atoms with Crippen molar-refractivity contribution in [2.75, 3.05) is 41.5 Å². The molecule has 2 aromatic rings. The summed E-state index contributed by atoms with van der Waals surface area (Å²) >= 11 is 0. The van der Waals surface area contributed by atoms with Crippen molar-refractivity contribution < 1.29 is 43.5 Å². The van der Waals surface area contributed by atoms with E-state index in [0.717, 1.165) is 30.7 Å². The highest BCUT2D eigenvalue weighted by molar-refractivity contribution is 6.27. The molecule has 0 fully saturated rings. The lowest BCUT2D eigenvalue weighted by atomic mass is 9.88. The molecule has 0 aromatic heterocycles. The fraction of sp³-hybridized carbons (Fsp3) is 0.400. The average Bonchev–Trinajstić information content (AvgIpc) is 2.87. The van der Waals surface area contributed by atoms with Crippen molar-refractivity contribution in [3.63, 3.8) is 0 Å². The van der Waals surface area contributed by atoms with Crippen LogP contribution >= 0.6 is 0 Å². The van der Waals surface area contributed by atoms with Crippen molar-refractivity contribution in [1.82, 2.24) is 4.90 Å². The van der Waals surface area contributed by atoms with Gasteiger partial charge < -0.3 is 34.9 Å². The number of rotatable bonds is 9. The van der Waals surface area contributed by atoms with Crippen LogP contribution in [0.3, 0.4) is 0 Å². The molecule has 0 radical (unpaired) electrons. The van der Waals surface area contributed by atoms with Crippen molar-refractivity contribution in [1.29, 1.82) is 0 Å². The predicted octanol–water partition coefficient (Wildman–Crippen LogP) is 1.89. The van der Waals surface area contributed by atoms with Gasteiger partial charge in [-0.15, -0.1) is 0 Å².